The first-order chi connectivity index (χ1) is 9.69. The van der Waals surface area contributed by atoms with Crippen molar-refractivity contribution in [2.24, 2.45) is 0 Å². The molecule has 5 heteroatoms. The Kier molecular flexibility index (Phi) is 4.21. The van der Waals surface area contributed by atoms with Crippen LogP contribution in [-0.2, 0) is 0 Å². The molecule has 0 saturated carbocycles. The molecule has 1 aromatic carbocycles. The molecule has 0 spiro atoms. The summed E-state index contributed by atoms with van der Waals surface area (Å²) in [7, 11) is 1.99. The first kappa shape index (κ1) is 14.2. The maximum absolute atomic E-state index is 4.37. The van der Waals surface area contributed by atoms with Gasteiger partial charge in [0.15, 0.2) is 0 Å². The predicted octanol–water partition coefficient (Wildman–Crippen LogP) is 5.13. The van der Waals surface area contributed by atoms with E-state index in [-0.39, 0.29) is 6.04 Å². The molecular weight excluding hydrogens is 400 g/mol. The molecule has 2 aromatic heterocycles. The van der Waals surface area contributed by atoms with E-state index in [1.807, 2.05) is 19.3 Å². The number of benzene rings is 1. The van der Waals surface area contributed by atoms with Crippen molar-refractivity contribution in [2.45, 2.75) is 6.04 Å². The second-order valence-corrected chi connectivity index (χ2v) is 7.70. The van der Waals surface area contributed by atoms with Crippen molar-refractivity contribution in [3.8, 4) is 0 Å². The van der Waals surface area contributed by atoms with Gasteiger partial charge in [-0.15, -0.1) is 11.3 Å². The highest BCUT2D eigenvalue weighted by molar-refractivity contribution is 9.13. The summed E-state index contributed by atoms with van der Waals surface area (Å²) in [5.74, 6) is 0. The first-order valence-electron chi connectivity index (χ1n) is 6.15. The lowest BCUT2D eigenvalue weighted by molar-refractivity contribution is 0.704. The van der Waals surface area contributed by atoms with Gasteiger partial charge in [0.25, 0.3) is 0 Å². The highest BCUT2D eigenvalue weighted by Gasteiger charge is 2.16. The summed E-state index contributed by atoms with van der Waals surface area (Å²) in [5.41, 5.74) is 2.27. The molecule has 0 fully saturated rings. The molecule has 0 radical (unpaired) electrons. The third-order valence-electron chi connectivity index (χ3n) is 3.20. The third-order valence-corrected chi connectivity index (χ3v) is 6.52. The zero-order chi connectivity index (χ0) is 14.1. The van der Waals surface area contributed by atoms with E-state index in [2.05, 4.69) is 72.5 Å². The molecule has 3 aromatic rings. The smallest absolute Gasteiger partial charge is 0.0843 e. The molecule has 0 aliphatic carbocycles. The number of nitrogens with one attached hydrogen (secondary N) is 1. The van der Waals surface area contributed by atoms with Gasteiger partial charge in [-0.05, 0) is 68.7 Å². The Morgan fingerprint density at radius 2 is 2.05 bits per heavy atom. The van der Waals surface area contributed by atoms with E-state index < -0.39 is 0 Å². The molecule has 1 atom stereocenters. The number of hydrogen-bond acceptors (Lipinski definition) is 3. The Morgan fingerprint density at radius 3 is 2.75 bits per heavy atom. The fraction of sp³-hybridized carbons (Fsp3) is 0.133. The molecule has 0 saturated heterocycles. The van der Waals surface area contributed by atoms with Crippen LogP contribution in [-0.4, -0.2) is 12.0 Å². The average Bonchev–Trinajstić information content (AvgIpc) is 2.79. The van der Waals surface area contributed by atoms with Crippen LogP contribution in [0.25, 0.3) is 10.9 Å². The van der Waals surface area contributed by atoms with Gasteiger partial charge < -0.3 is 5.32 Å². The lowest BCUT2D eigenvalue weighted by Gasteiger charge is -2.15. The van der Waals surface area contributed by atoms with Crippen molar-refractivity contribution < 1.29 is 0 Å². The van der Waals surface area contributed by atoms with Crippen molar-refractivity contribution in [1.82, 2.24) is 10.3 Å². The van der Waals surface area contributed by atoms with Crippen LogP contribution in [0.1, 0.15) is 16.5 Å². The lowest BCUT2D eigenvalue weighted by Crippen LogP contribution is -2.16. The summed E-state index contributed by atoms with van der Waals surface area (Å²) < 4.78 is 2.22. The minimum atomic E-state index is 0.187. The normalized spacial score (nSPS) is 12.8. The zero-order valence-corrected chi connectivity index (χ0v) is 14.7. The molecule has 1 N–H and O–H groups in total. The minimum Gasteiger partial charge on any atom is -0.309 e. The third kappa shape index (κ3) is 2.68. The number of pyridine rings is 1. The number of rotatable bonds is 3. The van der Waals surface area contributed by atoms with Crippen LogP contribution in [0.15, 0.2) is 50.9 Å². The molecule has 2 heterocycles. The number of thiophene rings is 1. The predicted molar refractivity (Wildman–Crippen MR) is 92.4 cm³/mol. The maximum Gasteiger partial charge on any atom is 0.0843 e. The monoisotopic (exact) mass is 410 g/mol. The molecule has 20 heavy (non-hydrogen) atoms. The molecule has 102 valence electrons. The van der Waals surface area contributed by atoms with Crippen molar-refractivity contribution in [1.29, 1.82) is 0 Å². The summed E-state index contributed by atoms with van der Waals surface area (Å²) >= 11 is 8.85. The maximum atomic E-state index is 4.37. The van der Waals surface area contributed by atoms with Crippen LogP contribution in [0.4, 0.5) is 0 Å². The molecule has 2 nitrogen and oxygen atoms in total. The van der Waals surface area contributed by atoms with Gasteiger partial charge in [-0.2, -0.15) is 0 Å². The van der Waals surface area contributed by atoms with Crippen molar-refractivity contribution >= 4 is 54.1 Å². The Morgan fingerprint density at radius 1 is 1.20 bits per heavy atom. The lowest BCUT2D eigenvalue weighted by atomic mass is 10.0. The number of fused-ring (bicyclic) bond motifs is 1. The quantitative estimate of drug-likeness (QED) is 0.646. The Hall–Kier alpha value is -0.750. The van der Waals surface area contributed by atoms with E-state index in [1.54, 1.807) is 11.3 Å². The molecule has 1 unspecified atom stereocenters. The van der Waals surface area contributed by atoms with Crippen LogP contribution in [0.2, 0.25) is 0 Å². The molecule has 0 aliphatic heterocycles. The van der Waals surface area contributed by atoms with Gasteiger partial charge in [0.05, 0.1) is 15.3 Å². The van der Waals surface area contributed by atoms with Crippen LogP contribution >= 0.6 is 43.2 Å². The Balaban J connectivity index is 2.06. The van der Waals surface area contributed by atoms with E-state index in [1.165, 1.54) is 15.8 Å². The van der Waals surface area contributed by atoms with Crippen LogP contribution in [0.3, 0.4) is 0 Å². The SMILES string of the molecule is CNC(c1ccc2ncccc2c1)c1cc(Br)c(Br)s1. The minimum absolute atomic E-state index is 0.187. The van der Waals surface area contributed by atoms with E-state index in [4.69, 9.17) is 0 Å². The van der Waals surface area contributed by atoms with E-state index in [9.17, 15) is 0 Å². The first-order valence-corrected chi connectivity index (χ1v) is 8.56. The van der Waals surface area contributed by atoms with E-state index >= 15 is 0 Å². The van der Waals surface area contributed by atoms with Crippen LogP contribution < -0.4 is 5.32 Å². The Bertz CT molecular complexity index is 735. The number of aromatic nitrogens is 1. The molecule has 3 rings (SSSR count). The van der Waals surface area contributed by atoms with Gasteiger partial charge >= 0.3 is 0 Å². The second-order valence-electron chi connectivity index (χ2n) is 4.45. The molecule has 0 amide bonds. The van der Waals surface area contributed by atoms with Gasteiger partial charge in [-0.3, -0.25) is 4.98 Å². The number of halogens is 2. The molecular formula is C15H12Br2N2S. The molecule has 0 aliphatic rings. The zero-order valence-electron chi connectivity index (χ0n) is 10.7. The fourth-order valence-electron chi connectivity index (χ4n) is 2.25. The van der Waals surface area contributed by atoms with E-state index in [0.717, 1.165) is 13.8 Å². The van der Waals surface area contributed by atoms with Crippen molar-refractivity contribution in [2.75, 3.05) is 7.05 Å². The van der Waals surface area contributed by atoms with E-state index in [0.29, 0.717) is 0 Å². The highest BCUT2D eigenvalue weighted by Crippen LogP contribution is 2.37. The summed E-state index contributed by atoms with van der Waals surface area (Å²) in [6.07, 6.45) is 1.82. The van der Waals surface area contributed by atoms with Gasteiger partial charge in [0.2, 0.25) is 0 Å². The van der Waals surface area contributed by atoms with Crippen LogP contribution in [0.5, 0.6) is 0 Å². The summed E-state index contributed by atoms with van der Waals surface area (Å²) in [6, 6.07) is 12.8. The van der Waals surface area contributed by atoms with Gasteiger partial charge in [-0.1, -0.05) is 12.1 Å². The van der Waals surface area contributed by atoms with Crippen LogP contribution in [0, 0.1) is 0 Å². The van der Waals surface area contributed by atoms with Gasteiger partial charge in [0.1, 0.15) is 0 Å². The highest BCUT2D eigenvalue weighted by atomic mass is 79.9. The summed E-state index contributed by atoms with van der Waals surface area (Å²) in [5, 5.41) is 4.55. The average molecular weight is 412 g/mol. The standard InChI is InChI=1S/C15H12Br2N2S/c1-18-14(13-8-11(16)15(17)20-13)10-4-5-12-9(7-10)3-2-6-19-12/h2-8,14,18H,1H3. The fourth-order valence-corrected chi connectivity index (χ4v) is 4.48. The van der Waals surface area contributed by atoms with Crippen molar-refractivity contribution in [3.05, 3.63) is 61.3 Å². The summed E-state index contributed by atoms with van der Waals surface area (Å²) in [4.78, 5) is 5.64. The van der Waals surface area contributed by atoms with Gasteiger partial charge in [-0.25, -0.2) is 0 Å². The second kappa shape index (κ2) is 5.93. The Labute approximate surface area is 138 Å². The largest absolute Gasteiger partial charge is 0.309 e. The van der Waals surface area contributed by atoms with Crippen molar-refractivity contribution in [3.63, 3.8) is 0 Å². The topological polar surface area (TPSA) is 24.9 Å². The number of hydrogen-bond donors (Lipinski definition) is 1. The number of nitrogens with zero attached hydrogens (tertiary/aromatic N) is 1. The summed E-state index contributed by atoms with van der Waals surface area (Å²) in [6.45, 7) is 0. The van der Waals surface area contributed by atoms with Gasteiger partial charge in [0, 0.05) is 20.9 Å². The molecule has 0 bridgehead atoms.